The summed E-state index contributed by atoms with van der Waals surface area (Å²) in [5, 5.41) is 10.2. The highest BCUT2D eigenvalue weighted by molar-refractivity contribution is 7.99. The number of amides is 1. The summed E-state index contributed by atoms with van der Waals surface area (Å²) in [6.07, 6.45) is 0. The summed E-state index contributed by atoms with van der Waals surface area (Å²) in [6.45, 7) is 0. The molecule has 0 saturated carbocycles. The van der Waals surface area contributed by atoms with Crippen molar-refractivity contribution in [3.63, 3.8) is 0 Å². The number of H-pyrrole nitrogens is 1. The van der Waals surface area contributed by atoms with Gasteiger partial charge in [0.1, 0.15) is 0 Å². The molecule has 0 saturated heterocycles. The van der Waals surface area contributed by atoms with E-state index in [4.69, 9.17) is 0 Å². The third-order valence-corrected chi connectivity index (χ3v) is 4.26. The summed E-state index contributed by atoms with van der Waals surface area (Å²) in [5.74, 6) is 0.126. The molecule has 0 atom stereocenters. The molecule has 1 amide bonds. The molecule has 2 N–H and O–H groups in total. The minimum absolute atomic E-state index is 0.147. The van der Waals surface area contributed by atoms with Crippen LogP contribution in [0.5, 0.6) is 0 Å². The van der Waals surface area contributed by atoms with Crippen molar-refractivity contribution >= 4 is 29.3 Å². The molecule has 3 rings (SSSR count). The quantitative estimate of drug-likeness (QED) is 0.513. The number of carbonyl (C=O) groups is 2. The first-order valence-corrected chi connectivity index (χ1v) is 8.73. The molecular weight excluding hydrogens is 352 g/mol. The molecule has 1 aromatic heterocycles. The van der Waals surface area contributed by atoms with E-state index in [1.165, 1.54) is 18.9 Å². The monoisotopic (exact) mass is 368 g/mol. The highest BCUT2D eigenvalue weighted by Crippen LogP contribution is 2.19. The zero-order valence-electron chi connectivity index (χ0n) is 13.9. The molecule has 8 heteroatoms. The average Bonchev–Trinajstić information content (AvgIpc) is 3.16. The molecule has 2 aromatic carbocycles. The fourth-order valence-corrected chi connectivity index (χ4v) is 2.80. The number of aromatic nitrogens is 3. The molecule has 3 aromatic rings. The zero-order valence-corrected chi connectivity index (χ0v) is 14.7. The molecule has 26 heavy (non-hydrogen) atoms. The number of benzene rings is 2. The molecule has 0 unspecified atom stereocenters. The second-order valence-electron chi connectivity index (χ2n) is 5.24. The van der Waals surface area contributed by atoms with Gasteiger partial charge >= 0.3 is 5.97 Å². The van der Waals surface area contributed by atoms with Gasteiger partial charge in [-0.1, -0.05) is 48.2 Å². The number of hydrogen-bond donors (Lipinski definition) is 2. The van der Waals surface area contributed by atoms with Crippen LogP contribution in [0.15, 0.2) is 59.8 Å². The Balaban J connectivity index is 1.56. The number of thioether (sulfide) groups is 1. The first-order valence-electron chi connectivity index (χ1n) is 7.74. The Labute approximate surface area is 154 Å². The predicted octanol–water partition coefficient (Wildman–Crippen LogP) is 2.99. The van der Waals surface area contributed by atoms with Crippen molar-refractivity contribution in [2.45, 2.75) is 5.16 Å². The fourth-order valence-electron chi connectivity index (χ4n) is 2.21. The van der Waals surface area contributed by atoms with Crippen molar-refractivity contribution in [2.24, 2.45) is 0 Å². The summed E-state index contributed by atoms with van der Waals surface area (Å²) in [7, 11) is 1.31. The van der Waals surface area contributed by atoms with E-state index < -0.39 is 5.97 Å². The minimum Gasteiger partial charge on any atom is -0.465 e. The lowest BCUT2D eigenvalue weighted by molar-refractivity contribution is -0.113. The largest absolute Gasteiger partial charge is 0.465 e. The Bertz CT molecular complexity index is 912. The van der Waals surface area contributed by atoms with Gasteiger partial charge in [0.05, 0.1) is 18.4 Å². The number of ether oxygens (including phenoxy) is 1. The Kier molecular flexibility index (Phi) is 5.65. The van der Waals surface area contributed by atoms with Crippen LogP contribution in [0, 0.1) is 0 Å². The smallest absolute Gasteiger partial charge is 0.337 e. The van der Waals surface area contributed by atoms with Gasteiger partial charge in [0.15, 0.2) is 5.82 Å². The molecule has 132 valence electrons. The summed E-state index contributed by atoms with van der Waals surface area (Å²) < 4.78 is 4.66. The maximum atomic E-state index is 12.1. The van der Waals surface area contributed by atoms with Crippen LogP contribution in [0.1, 0.15) is 10.4 Å². The molecule has 0 aliphatic carbocycles. The topological polar surface area (TPSA) is 97.0 Å². The molecule has 0 aliphatic rings. The van der Waals surface area contributed by atoms with Gasteiger partial charge in [-0.25, -0.2) is 9.78 Å². The van der Waals surface area contributed by atoms with E-state index in [-0.39, 0.29) is 11.7 Å². The fraction of sp³-hybridized carbons (Fsp3) is 0.111. The summed E-state index contributed by atoms with van der Waals surface area (Å²) in [4.78, 5) is 28.0. The summed E-state index contributed by atoms with van der Waals surface area (Å²) in [6, 6.07) is 16.2. The molecule has 0 bridgehead atoms. The Hall–Kier alpha value is -3.13. The molecule has 7 nitrogen and oxygen atoms in total. The molecule has 0 fully saturated rings. The lowest BCUT2D eigenvalue weighted by atomic mass is 10.2. The van der Waals surface area contributed by atoms with E-state index in [1.807, 2.05) is 30.3 Å². The van der Waals surface area contributed by atoms with Crippen LogP contribution in [0.2, 0.25) is 0 Å². The van der Waals surface area contributed by atoms with Crippen LogP contribution >= 0.6 is 11.8 Å². The van der Waals surface area contributed by atoms with Crippen LogP contribution in [-0.2, 0) is 9.53 Å². The number of carbonyl (C=O) groups excluding carboxylic acids is 2. The maximum Gasteiger partial charge on any atom is 0.337 e. The zero-order chi connectivity index (χ0) is 18.4. The lowest BCUT2D eigenvalue weighted by Gasteiger charge is -2.06. The number of aromatic amines is 1. The van der Waals surface area contributed by atoms with Crippen LogP contribution in [0.4, 0.5) is 5.69 Å². The van der Waals surface area contributed by atoms with Crippen molar-refractivity contribution in [3.8, 4) is 11.4 Å². The number of esters is 1. The number of methoxy groups -OCH3 is 1. The summed E-state index contributed by atoms with van der Waals surface area (Å²) >= 11 is 1.22. The van der Waals surface area contributed by atoms with Crippen LogP contribution < -0.4 is 5.32 Å². The third kappa shape index (κ3) is 4.48. The number of rotatable bonds is 6. The molecule has 0 aliphatic heterocycles. The van der Waals surface area contributed by atoms with Gasteiger partial charge in [-0.2, -0.15) is 0 Å². The van der Waals surface area contributed by atoms with Gasteiger partial charge in [0.2, 0.25) is 11.1 Å². The Morgan fingerprint density at radius 3 is 2.73 bits per heavy atom. The lowest BCUT2D eigenvalue weighted by Crippen LogP contribution is -2.14. The minimum atomic E-state index is -0.454. The van der Waals surface area contributed by atoms with Crippen molar-refractivity contribution < 1.29 is 14.3 Å². The van der Waals surface area contributed by atoms with Gasteiger partial charge in [0, 0.05) is 11.3 Å². The second-order valence-corrected chi connectivity index (χ2v) is 6.18. The van der Waals surface area contributed by atoms with Gasteiger partial charge < -0.3 is 10.1 Å². The first kappa shape index (κ1) is 17.7. The van der Waals surface area contributed by atoms with Crippen LogP contribution in [0.3, 0.4) is 0 Å². The molecule has 1 heterocycles. The Morgan fingerprint density at radius 1 is 1.15 bits per heavy atom. The van der Waals surface area contributed by atoms with Gasteiger partial charge in [0.25, 0.3) is 0 Å². The van der Waals surface area contributed by atoms with Crippen molar-refractivity contribution in [1.82, 2.24) is 15.2 Å². The predicted molar refractivity (Wildman–Crippen MR) is 99.0 cm³/mol. The number of anilines is 1. The normalized spacial score (nSPS) is 10.3. The molecular formula is C18H16N4O3S. The van der Waals surface area contributed by atoms with E-state index in [1.54, 1.807) is 24.3 Å². The van der Waals surface area contributed by atoms with Crippen molar-refractivity contribution in [1.29, 1.82) is 0 Å². The average molecular weight is 368 g/mol. The Morgan fingerprint density at radius 2 is 1.96 bits per heavy atom. The van der Waals surface area contributed by atoms with E-state index in [0.29, 0.717) is 22.2 Å². The van der Waals surface area contributed by atoms with Crippen molar-refractivity contribution in [3.05, 3.63) is 60.2 Å². The standard InChI is InChI=1S/C18H16N4O3S/c1-25-17(24)13-8-5-9-14(10-13)19-15(23)11-26-18-20-16(21-22-18)12-6-3-2-4-7-12/h2-10H,11H2,1H3,(H,19,23)(H,20,21,22). The molecule has 0 spiro atoms. The summed E-state index contributed by atoms with van der Waals surface area (Å²) in [5.41, 5.74) is 1.83. The molecule has 0 radical (unpaired) electrons. The highest BCUT2D eigenvalue weighted by atomic mass is 32.2. The number of nitrogens with zero attached hydrogens (tertiary/aromatic N) is 2. The highest BCUT2D eigenvalue weighted by Gasteiger charge is 2.10. The van der Waals surface area contributed by atoms with E-state index in [2.05, 4.69) is 25.2 Å². The van der Waals surface area contributed by atoms with Crippen LogP contribution in [0.25, 0.3) is 11.4 Å². The van der Waals surface area contributed by atoms with Gasteiger partial charge in [-0.05, 0) is 18.2 Å². The second kappa shape index (κ2) is 8.30. The first-order chi connectivity index (χ1) is 12.7. The number of nitrogens with one attached hydrogen (secondary N) is 2. The van der Waals surface area contributed by atoms with Crippen molar-refractivity contribution in [2.75, 3.05) is 18.2 Å². The van der Waals surface area contributed by atoms with Gasteiger partial charge in [-0.15, -0.1) is 5.10 Å². The third-order valence-electron chi connectivity index (χ3n) is 3.41. The van der Waals surface area contributed by atoms with E-state index in [0.717, 1.165) is 5.56 Å². The van der Waals surface area contributed by atoms with E-state index >= 15 is 0 Å². The van der Waals surface area contributed by atoms with Crippen LogP contribution in [-0.4, -0.2) is 39.9 Å². The van der Waals surface area contributed by atoms with Gasteiger partial charge in [-0.3, -0.25) is 9.89 Å². The maximum absolute atomic E-state index is 12.1. The van der Waals surface area contributed by atoms with E-state index in [9.17, 15) is 9.59 Å². The number of hydrogen-bond acceptors (Lipinski definition) is 6. The SMILES string of the molecule is COC(=O)c1cccc(NC(=O)CSc2n[nH]c(-c3ccccc3)n2)c1.